The number of piperazine rings is 1. The molecule has 2 heterocycles. The molecule has 0 aliphatic carbocycles. The van der Waals surface area contributed by atoms with Crippen molar-refractivity contribution in [3.63, 3.8) is 0 Å². The summed E-state index contributed by atoms with van der Waals surface area (Å²) < 4.78 is 18.0. The molecule has 0 unspecified atom stereocenters. The molecule has 1 saturated heterocycles. The number of hydrogen-bond donors (Lipinski definition) is 0. The fraction of sp³-hybridized carbons (Fsp3) is 0.448. The highest BCUT2D eigenvalue weighted by molar-refractivity contribution is 5.90. The van der Waals surface area contributed by atoms with Gasteiger partial charge in [0.15, 0.2) is 0 Å². The minimum atomic E-state index is -0.557. The molecule has 1 aromatic heterocycles. The Kier molecular flexibility index (Phi) is 8.25. The van der Waals surface area contributed by atoms with Gasteiger partial charge in [-0.3, -0.25) is 14.3 Å². The van der Waals surface area contributed by atoms with Crippen LogP contribution in [0.5, 0.6) is 5.75 Å². The molecule has 1 aliphatic rings. The second kappa shape index (κ2) is 11.4. The van der Waals surface area contributed by atoms with E-state index in [1.807, 2.05) is 46.8 Å². The molecule has 10 heteroatoms. The standard InChI is InChI=1S/C29H36N4O6/c1-19(2)38-24-17-20(27(35)37-6)11-12-23(24)33-25(30-22-10-8-7-9-21(22)26(33)34)18-31-13-15-32(16-14-31)28(36)39-29(3,4)5/h7-12,17,19H,13-16,18H2,1-6H3. The lowest BCUT2D eigenvalue weighted by molar-refractivity contribution is 0.0136. The Hall–Kier alpha value is -3.92. The van der Waals surface area contributed by atoms with Crippen LogP contribution in [-0.4, -0.2) is 76.4 Å². The summed E-state index contributed by atoms with van der Waals surface area (Å²) in [5.74, 6) is 0.411. The number of fused-ring (bicyclic) bond motifs is 1. The smallest absolute Gasteiger partial charge is 0.410 e. The Labute approximate surface area is 228 Å². The van der Waals surface area contributed by atoms with Crippen molar-refractivity contribution < 1.29 is 23.8 Å². The van der Waals surface area contributed by atoms with Crippen LogP contribution < -0.4 is 10.3 Å². The molecular weight excluding hydrogens is 500 g/mol. The Morgan fingerprint density at radius 3 is 2.36 bits per heavy atom. The quantitative estimate of drug-likeness (QED) is 0.436. The largest absolute Gasteiger partial charge is 0.489 e. The third kappa shape index (κ3) is 6.57. The van der Waals surface area contributed by atoms with Crippen molar-refractivity contribution in [1.82, 2.24) is 19.4 Å². The maximum absolute atomic E-state index is 13.9. The third-order valence-corrected chi connectivity index (χ3v) is 6.22. The topological polar surface area (TPSA) is 103 Å². The van der Waals surface area contributed by atoms with Crippen molar-refractivity contribution in [2.45, 2.75) is 52.9 Å². The molecule has 0 atom stereocenters. The van der Waals surface area contributed by atoms with Crippen molar-refractivity contribution in [2.75, 3.05) is 33.3 Å². The highest BCUT2D eigenvalue weighted by atomic mass is 16.6. The predicted octanol–water partition coefficient (Wildman–Crippen LogP) is 4.01. The molecule has 208 valence electrons. The number of carbonyl (C=O) groups is 2. The number of methoxy groups -OCH3 is 1. The van der Waals surface area contributed by atoms with Crippen LogP contribution >= 0.6 is 0 Å². The number of carbonyl (C=O) groups excluding carboxylic acids is 2. The lowest BCUT2D eigenvalue weighted by Gasteiger charge is -2.35. The fourth-order valence-electron chi connectivity index (χ4n) is 4.44. The van der Waals surface area contributed by atoms with E-state index in [1.54, 1.807) is 39.8 Å². The molecule has 3 aromatic rings. The van der Waals surface area contributed by atoms with Gasteiger partial charge >= 0.3 is 12.1 Å². The minimum Gasteiger partial charge on any atom is -0.489 e. The van der Waals surface area contributed by atoms with E-state index in [0.29, 0.717) is 66.5 Å². The molecule has 0 N–H and O–H groups in total. The zero-order valence-electron chi connectivity index (χ0n) is 23.4. The summed E-state index contributed by atoms with van der Waals surface area (Å²) in [5, 5.41) is 0.475. The molecule has 1 amide bonds. The second-order valence-electron chi connectivity index (χ2n) is 10.8. The number of hydrogen-bond acceptors (Lipinski definition) is 8. The van der Waals surface area contributed by atoms with Crippen molar-refractivity contribution in [3.05, 3.63) is 64.2 Å². The summed E-state index contributed by atoms with van der Waals surface area (Å²) >= 11 is 0. The van der Waals surface area contributed by atoms with E-state index >= 15 is 0 Å². The maximum Gasteiger partial charge on any atom is 0.410 e. The number of para-hydroxylation sites is 1. The van der Waals surface area contributed by atoms with E-state index in [0.717, 1.165) is 0 Å². The lowest BCUT2D eigenvalue weighted by Crippen LogP contribution is -2.50. The summed E-state index contributed by atoms with van der Waals surface area (Å²) in [6, 6.07) is 12.1. The van der Waals surface area contributed by atoms with Crippen molar-refractivity contribution in [1.29, 1.82) is 0 Å². The van der Waals surface area contributed by atoms with Crippen LogP contribution in [0.15, 0.2) is 47.3 Å². The van der Waals surface area contributed by atoms with Gasteiger partial charge < -0.3 is 19.1 Å². The van der Waals surface area contributed by atoms with Crippen LogP contribution in [0, 0.1) is 0 Å². The van der Waals surface area contributed by atoms with E-state index < -0.39 is 11.6 Å². The molecule has 10 nitrogen and oxygen atoms in total. The van der Waals surface area contributed by atoms with E-state index in [4.69, 9.17) is 19.2 Å². The van der Waals surface area contributed by atoms with Gasteiger partial charge in [0, 0.05) is 26.2 Å². The number of rotatable bonds is 6. The van der Waals surface area contributed by atoms with Crippen LogP contribution in [0.1, 0.15) is 50.8 Å². The molecule has 1 fully saturated rings. The number of ether oxygens (including phenoxy) is 3. The average molecular weight is 537 g/mol. The molecule has 0 saturated carbocycles. The lowest BCUT2D eigenvalue weighted by atomic mass is 10.1. The first-order valence-corrected chi connectivity index (χ1v) is 13.1. The highest BCUT2D eigenvalue weighted by Crippen LogP contribution is 2.27. The first kappa shape index (κ1) is 28.1. The number of amides is 1. The minimum absolute atomic E-state index is 0.204. The number of aromatic nitrogens is 2. The zero-order chi connectivity index (χ0) is 28.3. The van der Waals surface area contributed by atoms with Crippen LogP contribution in [0.3, 0.4) is 0 Å². The summed E-state index contributed by atoms with van der Waals surface area (Å²) in [7, 11) is 1.32. The third-order valence-electron chi connectivity index (χ3n) is 6.22. The Balaban J connectivity index is 1.72. The molecule has 4 rings (SSSR count). The zero-order valence-corrected chi connectivity index (χ0v) is 23.4. The van der Waals surface area contributed by atoms with Gasteiger partial charge in [0.05, 0.1) is 41.9 Å². The van der Waals surface area contributed by atoms with Crippen LogP contribution in [0.25, 0.3) is 16.6 Å². The molecule has 1 aliphatic heterocycles. The molecule has 2 aromatic carbocycles. The summed E-state index contributed by atoms with van der Waals surface area (Å²) in [5.41, 5.74) is 0.611. The molecule has 0 radical (unpaired) electrons. The van der Waals surface area contributed by atoms with E-state index in [-0.39, 0.29) is 17.8 Å². The van der Waals surface area contributed by atoms with Gasteiger partial charge in [0.2, 0.25) is 0 Å². The van der Waals surface area contributed by atoms with Crippen molar-refractivity contribution in [3.8, 4) is 11.4 Å². The number of benzene rings is 2. The first-order chi connectivity index (χ1) is 18.5. The molecule has 0 spiro atoms. The van der Waals surface area contributed by atoms with Crippen molar-refractivity contribution in [2.24, 2.45) is 0 Å². The van der Waals surface area contributed by atoms with Gasteiger partial charge in [0.1, 0.15) is 17.2 Å². The van der Waals surface area contributed by atoms with E-state index in [9.17, 15) is 14.4 Å². The summed E-state index contributed by atoms with van der Waals surface area (Å²) in [6.07, 6.45) is -0.533. The van der Waals surface area contributed by atoms with Gasteiger partial charge in [-0.15, -0.1) is 0 Å². The fourth-order valence-corrected chi connectivity index (χ4v) is 4.44. The average Bonchev–Trinajstić information content (AvgIpc) is 2.88. The SMILES string of the molecule is COC(=O)c1ccc(-n2c(CN3CCN(C(=O)OC(C)(C)C)CC3)nc3ccccc3c2=O)c(OC(C)C)c1. The Bertz CT molecular complexity index is 1420. The molecule has 39 heavy (non-hydrogen) atoms. The summed E-state index contributed by atoms with van der Waals surface area (Å²) in [6.45, 7) is 11.9. The van der Waals surface area contributed by atoms with Crippen molar-refractivity contribution >= 4 is 23.0 Å². The van der Waals surface area contributed by atoms with E-state index in [2.05, 4.69) is 4.90 Å². The molecular formula is C29H36N4O6. The van der Waals surface area contributed by atoms with Crippen LogP contribution in [0.2, 0.25) is 0 Å². The highest BCUT2D eigenvalue weighted by Gasteiger charge is 2.27. The first-order valence-electron chi connectivity index (χ1n) is 13.1. The Morgan fingerprint density at radius 1 is 1.03 bits per heavy atom. The van der Waals surface area contributed by atoms with Gasteiger partial charge in [0.25, 0.3) is 5.56 Å². The summed E-state index contributed by atoms with van der Waals surface area (Å²) in [4.78, 5) is 47.3. The number of esters is 1. The van der Waals surface area contributed by atoms with E-state index in [1.165, 1.54) is 7.11 Å². The van der Waals surface area contributed by atoms with Crippen LogP contribution in [-0.2, 0) is 16.0 Å². The number of nitrogens with zero attached hydrogens (tertiary/aromatic N) is 4. The predicted molar refractivity (Wildman–Crippen MR) is 148 cm³/mol. The molecule has 0 bridgehead atoms. The maximum atomic E-state index is 13.9. The van der Waals surface area contributed by atoms with Crippen LogP contribution in [0.4, 0.5) is 4.79 Å². The van der Waals surface area contributed by atoms with Gasteiger partial charge in [-0.1, -0.05) is 12.1 Å². The second-order valence-corrected chi connectivity index (χ2v) is 10.8. The van der Waals surface area contributed by atoms with Gasteiger partial charge in [-0.05, 0) is 65.0 Å². The monoisotopic (exact) mass is 536 g/mol. The van der Waals surface area contributed by atoms with Gasteiger partial charge in [-0.25, -0.2) is 14.6 Å². The van der Waals surface area contributed by atoms with Gasteiger partial charge in [-0.2, -0.15) is 0 Å². The Morgan fingerprint density at radius 2 is 1.72 bits per heavy atom. The normalized spacial score (nSPS) is 14.5.